The molecule has 0 aromatic heterocycles. The van der Waals surface area contributed by atoms with Gasteiger partial charge in [0.2, 0.25) is 15.9 Å². The molecule has 5 nitrogen and oxygen atoms in total. The van der Waals surface area contributed by atoms with Crippen molar-refractivity contribution in [2.75, 3.05) is 18.4 Å². The lowest BCUT2D eigenvalue weighted by Crippen LogP contribution is -2.42. The topological polar surface area (TPSA) is 66.5 Å². The Labute approximate surface area is 186 Å². The Balaban J connectivity index is 1.60. The van der Waals surface area contributed by atoms with E-state index in [0.29, 0.717) is 46.7 Å². The molecule has 2 aromatic carbocycles. The van der Waals surface area contributed by atoms with Crippen LogP contribution in [0, 0.1) is 12.8 Å². The second-order valence-electron chi connectivity index (χ2n) is 7.09. The highest BCUT2D eigenvalue weighted by molar-refractivity contribution is 7.88. The summed E-state index contributed by atoms with van der Waals surface area (Å²) in [6.07, 6.45) is 0.884. The number of anilines is 1. The molecule has 0 spiro atoms. The number of rotatable bonds is 5. The molecule has 1 heterocycles. The third-order valence-corrected chi connectivity index (χ3v) is 7.95. The number of sulfonamides is 1. The Bertz CT molecular complexity index is 1020. The van der Waals surface area contributed by atoms with E-state index >= 15 is 0 Å². The van der Waals surface area contributed by atoms with E-state index in [1.807, 2.05) is 31.2 Å². The first-order valence-electron chi connectivity index (χ1n) is 9.15. The molecule has 1 aliphatic rings. The van der Waals surface area contributed by atoms with Gasteiger partial charge in [0.1, 0.15) is 0 Å². The number of halogens is 3. The third kappa shape index (κ3) is 5.44. The van der Waals surface area contributed by atoms with Gasteiger partial charge in [-0.3, -0.25) is 4.79 Å². The fourth-order valence-corrected chi connectivity index (χ4v) is 5.57. The van der Waals surface area contributed by atoms with Crippen LogP contribution in [0.3, 0.4) is 0 Å². The molecule has 1 amide bonds. The fourth-order valence-electron chi connectivity index (χ4n) is 3.31. The predicted molar refractivity (Wildman–Crippen MR) is 118 cm³/mol. The lowest BCUT2D eigenvalue weighted by molar-refractivity contribution is -0.120. The monoisotopic (exact) mass is 474 g/mol. The average Bonchev–Trinajstić information content (AvgIpc) is 2.68. The molecule has 1 fully saturated rings. The third-order valence-electron chi connectivity index (χ3n) is 5.09. The van der Waals surface area contributed by atoms with Crippen LogP contribution >= 0.6 is 34.8 Å². The van der Waals surface area contributed by atoms with Gasteiger partial charge in [-0.15, -0.1) is 0 Å². The maximum absolute atomic E-state index is 12.8. The average molecular weight is 476 g/mol. The predicted octanol–water partition coefficient (Wildman–Crippen LogP) is 5.14. The highest BCUT2D eigenvalue weighted by Crippen LogP contribution is 2.33. The van der Waals surface area contributed by atoms with Crippen LogP contribution in [0.4, 0.5) is 5.69 Å². The number of benzene rings is 2. The molecule has 0 aliphatic carbocycles. The molecule has 0 radical (unpaired) electrons. The molecular weight excluding hydrogens is 455 g/mol. The van der Waals surface area contributed by atoms with E-state index in [2.05, 4.69) is 5.32 Å². The lowest BCUT2D eigenvalue weighted by Gasteiger charge is -2.30. The first kappa shape index (κ1) is 22.4. The van der Waals surface area contributed by atoms with Gasteiger partial charge in [-0.2, -0.15) is 0 Å². The molecule has 2 aromatic rings. The molecule has 29 heavy (non-hydrogen) atoms. The number of carbonyl (C=O) groups excluding carboxylic acids is 1. The maximum atomic E-state index is 12.8. The number of aryl methyl sites for hydroxylation is 1. The first-order chi connectivity index (χ1) is 13.7. The van der Waals surface area contributed by atoms with Gasteiger partial charge in [0.25, 0.3) is 0 Å². The second-order valence-corrected chi connectivity index (χ2v) is 10.3. The summed E-state index contributed by atoms with van der Waals surface area (Å²) in [4.78, 5) is 12.6. The van der Waals surface area contributed by atoms with E-state index in [0.717, 1.165) is 11.1 Å². The minimum absolute atomic E-state index is 0.0323. The summed E-state index contributed by atoms with van der Waals surface area (Å²) >= 11 is 18.0. The van der Waals surface area contributed by atoms with E-state index in [9.17, 15) is 13.2 Å². The molecule has 0 bridgehead atoms. The van der Waals surface area contributed by atoms with E-state index in [1.54, 1.807) is 0 Å². The Hall–Kier alpha value is -1.31. The van der Waals surface area contributed by atoms with Crippen molar-refractivity contribution in [1.82, 2.24) is 4.31 Å². The van der Waals surface area contributed by atoms with Crippen LogP contribution in [-0.2, 0) is 20.6 Å². The highest BCUT2D eigenvalue weighted by Gasteiger charge is 2.31. The van der Waals surface area contributed by atoms with Crippen molar-refractivity contribution in [1.29, 1.82) is 0 Å². The van der Waals surface area contributed by atoms with Crippen LogP contribution in [0.5, 0.6) is 0 Å². The van der Waals surface area contributed by atoms with Crippen molar-refractivity contribution in [2.24, 2.45) is 5.92 Å². The van der Waals surface area contributed by atoms with E-state index < -0.39 is 10.0 Å². The standard InChI is InChI=1S/C20H21Cl3N2O3S/c1-13-4-2-3-5-15(13)12-29(27,28)25-8-6-14(7-9-25)20(26)24-19-11-17(22)16(21)10-18(19)23/h2-5,10-11,14H,6-9,12H2,1H3,(H,24,26). The number of carbonyl (C=O) groups is 1. The summed E-state index contributed by atoms with van der Waals surface area (Å²) in [5.74, 6) is -0.540. The minimum Gasteiger partial charge on any atom is -0.324 e. The number of hydrogen-bond donors (Lipinski definition) is 1. The van der Waals surface area contributed by atoms with Crippen molar-refractivity contribution in [3.05, 3.63) is 62.6 Å². The van der Waals surface area contributed by atoms with Crippen LogP contribution in [0.1, 0.15) is 24.0 Å². The molecule has 3 rings (SSSR count). The molecule has 0 unspecified atom stereocenters. The van der Waals surface area contributed by atoms with Crippen LogP contribution in [0.2, 0.25) is 15.1 Å². The first-order valence-corrected chi connectivity index (χ1v) is 11.9. The Kier molecular flexibility index (Phi) is 7.12. The summed E-state index contributed by atoms with van der Waals surface area (Å²) in [6.45, 7) is 2.51. The molecular formula is C20H21Cl3N2O3S. The quantitative estimate of drug-likeness (QED) is 0.609. The maximum Gasteiger partial charge on any atom is 0.227 e. The van der Waals surface area contributed by atoms with Gasteiger partial charge in [0, 0.05) is 19.0 Å². The van der Waals surface area contributed by atoms with Crippen molar-refractivity contribution in [2.45, 2.75) is 25.5 Å². The summed E-state index contributed by atoms with van der Waals surface area (Å²) in [6, 6.07) is 10.4. The lowest BCUT2D eigenvalue weighted by atomic mass is 9.97. The Morgan fingerprint density at radius 1 is 1.07 bits per heavy atom. The number of hydrogen-bond acceptors (Lipinski definition) is 3. The molecule has 0 saturated carbocycles. The van der Waals surface area contributed by atoms with E-state index in [1.165, 1.54) is 16.4 Å². The SMILES string of the molecule is Cc1ccccc1CS(=O)(=O)N1CCC(C(=O)Nc2cc(Cl)c(Cl)cc2Cl)CC1. The van der Waals surface area contributed by atoms with Gasteiger partial charge < -0.3 is 5.32 Å². The van der Waals surface area contributed by atoms with Crippen molar-refractivity contribution < 1.29 is 13.2 Å². The van der Waals surface area contributed by atoms with Crippen molar-refractivity contribution in [3.8, 4) is 0 Å². The molecule has 0 atom stereocenters. The highest BCUT2D eigenvalue weighted by atomic mass is 35.5. The van der Waals surface area contributed by atoms with Gasteiger partial charge in [-0.05, 0) is 43.0 Å². The van der Waals surface area contributed by atoms with Gasteiger partial charge >= 0.3 is 0 Å². The van der Waals surface area contributed by atoms with Gasteiger partial charge in [0.05, 0.1) is 26.5 Å². The number of amides is 1. The minimum atomic E-state index is -3.44. The number of piperidine rings is 1. The molecule has 9 heteroatoms. The smallest absolute Gasteiger partial charge is 0.227 e. The van der Waals surface area contributed by atoms with Gasteiger partial charge in [-0.1, -0.05) is 59.1 Å². The second kappa shape index (κ2) is 9.23. The van der Waals surface area contributed by atoms with Crippen LogP contribution in [0.15, 0.2) is 36.4 Å². The van der Waals surface area contributed by atoms with E-state index in [-0.39, 0.29) is 17.6 Å². The van der Waals surface area contributed by atoms with Gasteiger partial charge in [0.15, 0.2) is 0 Å². The van der Waals surface area contributed by atoms with Crippen molar-refractivity contribution in [3.63, 3.8) is 0 Å². The Morgan fingerprint density at radius 3 is 2.34 bits per heavy atom. The summed E-state index contributed by atoms with van der Waals surface area (Å²) in [5.41, 5.74) is 2.13. The van der Waals surface area contributed by atoms with Gasteiger partial charge in [-0.25, -0.2) is 12.7 Å². The fraction of sp³-hybridized carbons (Fsp3) is 0.350. The molecule has 1 aliphatic heterocycles. The number of nitrogens with zero attached hydrogens (tertiary/aromatic N) is 1. The zero-order chi connectivity index (χ0) is 21.2. The molecule has 1 N–H and O–H groups in total. The summed E-state index contributed by atoms with van der Waals surface area (Å²) < 4.78 is 27.0. The van der Waals surface area contributed by atoms with E-state index in [4.69, 9.17) is 34.8 Å². The molecule has 156 valence electrons. The van der Waals surface area contributed by atoms with Crippen molar-refractivity contribution >= 4 is 56.4 Å². The summed E-state index contributed by atoms with van der Waals surface area (Å²) in [5, 5.41) is 3.67. The number of nitrogens with one attached hydrogen (secondary N) is 1. The molecule has 1 saturated heterocycles. The zero-order valence-corrected chi connectivity index (χ0v) is 18.9. The van der Waals surface area contributed by atoms with Crippen LogP contribution < -0.4 is 5.32 Å². The largest absolute Gasteiger partial charge is 0.324 e. The van der Waals surface area contributed by atoms with Crippen LogP contribution in [0.25, 0.3) is 0 Å². The Morgan fingerprint density at radius 2 is 1.69 bits per heavy atom. The zero-order valence-electron chi connectivity index (χ0n) is 15.8. The van der Waals surface area contributed by atoms with Crippen LogP contribution in [-0.4, -0.2) is 31.7 Å². The normalized spacial score (nSPS) is 16.0. The summed E-state index contributed by atoms with van der Waals surface area (Å²) in [7, 11) is -3.44.